The zero-order valence-corrected chi connectivity index (χ0v) is 15.8. The summed E-state index contributed by atoms with van der Waals surface area (Å²) in [6.45, 7) is 0. The highest BCUT2D eigenvalue weighted by atomic mass is 16.7. The van der Waals surface area contributed by atoms with Gasteiger partial charge < -0.3 is 10.4 Å². The Bertz CT molecular complexity index is 795. The van der Waals surface area contributed by atoms with Crippen molar-refractivity contribution in [3.8, 4) is 0 Å². The van der Waals surface area contributed by atoms with Gasteiger partial charge in [-0.2, -0.15) is 0 Å². The Kier molecular flexibility index (Phi) is 5.99. The van der Waals surface area contributed by atoms with Crippen LogP contribution in [0.15, 0.2) is 73.1 Å². The zero-order valence-electron chi connectivity index (χ0n) is 15.8. The van der Waals surface area contributed by atoms with Gasteiger partial charge >= 0.3 is 0 Å². The second-order valence-electron chi connectivity index (χ2n) is 7.18. The summed E-state index contributed by atoms with van der Waals surface area (Å²) in [5, 5.41) is 14.5. The number of hydrogen-bond donors (Lipinski definition) is 2. The molecule has 2 unspecified atom stereocenters. The van der Waals surface area contributed by atoms with E-state index in [-0.39, 0.29) is 12.2 Å². The van der Waals surface area contributed by atoms with E-state index in [1.54, 1.807) is 12.4 Å². The standard InChI is InChI=1S/C11H12N2O.C11H14N2O/c1-2-8-12-11(3-1)13-9-4-6-10(14-13)7-5-9;14-10-6-4-9(5-7-10)13-11-3-1-2-8-12-11/h1-4,6,8-10H,5,7H2;1-4,6,8-10,14H,5,7H2,(H,12,13)/t;9-,10+/m.0/s1. The summed E-state index contributed by atoms with van der Waals surface area (Å²) in [6.07, 6.45) is 15.8. The van der Waals surface area contributed by atoms with Crippen molar-refractivity contribution < 1.29 is 9.94 Å². The number of rotatable bonds is 3. The van der Waals surface area contributed by atoms with Gasteiger partial charge in [0.25, 0.3) is 0 Å². The number of fused-ring (bicyclic) bond motifs is 2. The quantitative estimate of drug-likeness (QED) is 0.797. The maximum atomic E-state index is 9.26. The van der Waals surface area contributed by atoms with Crippen LogP contribution in [0.1, 0.15) is 25.7 Å². The molecule has 4 aliphatic rings. The first-order chi connectivity index (χ1) is 13.8. The normalized spacial score (nSPS) is 27.8. The number of nitrogens with zero attached hydrogens (tertiary/aromatic N) is 3. The molecule has 1 fully saturated rings. The molecule has 2 aliphatic heterocycles. The summed E-state index contributed by atoms with van der Waals surface area (Å²) in [6, 6.07) is 12.3. The van der Waals surface area contributed by atoms with Crippen LogP contribution in [0.3, 0.4) is 0 Å². The van der Waals surface area contributed by atoms with Crippen molar-refractivity contribution in [2.45, 2.75) is 50.0 Å². The van der Waals surface area contributed by atoms with Gasteiger partial charge in [0.1, 0.15) is 11.9 Å². The van der Waals surface area contributed by atoms with Crippen molar-refractivity contribution in [3.63, 3.8) is 0 Å². The van der Waals surface area contributed by atoms with Crippen molar-refractivity contribution in [2.24, 2.45) is 0 Å². The van der Waals surface area contributed by atoms with Gasteiger partial charge in [-0.15, -0.1) is 0 Å². The number of hydrogen-bond acceptors (Lipinski definition) is 6. The van der Waals surface area contributed by atoms with Gasteiger partial charge in [-0.1, -0.05) is 36.4 Å². The van der Waals surface area contributed by atoms with E-state index in [1.807, 2.05) is 53.6 Å². The van der Waals surface area contributed by atoms with Gasteiger partial charge in [0.2, 0.25) is 0 Å². The molecular weight excluding hydrogens is 352 g/mol. The molecule has 0 amide bonds. The molecule has 2 aromatic heterocycles. The fourth-order valence-corrected chi connectivity index (χ4v) is 3.56. The van der Waals surface area contributed by atoms with E-state index >= 15 is 0 Å². The number of hydroxylamine groups is 1. The average Bonchev–Trinajstić information content (AvgIpc) is 2.78. The lowest BCUT2D eigenvalue weighted by atomic mass is 9.98. The molecule has 1 saturated heterocycles. The number of aromatic nitrogens is 2. The molecule has 0 saturated carbocycles. The van der Waals surface area contributed by atoms with Crippen LogP contribution in [0.25, 0.3) is 0 Å². The maximum absolute atomic E-state index is 9.26. The molecule has 6 nitrogen and oxygen atoms in total. The summed E-state index contributed by atoms with van der Waals surface area (Å²) in [4.78, 5) is 14.2. The van der Waals surface area contributed by atoms with Crippen LogP contribution in [0.5, 0.6) is 0 Å². The SMILES string of the molecule is C1=CC2CCC1ON2c1ccccn1.O[C@@H]1C=C[C@H](Nc2ccccn2)CC1. The minimum Gasteiger partial charge on any atom is -0.389 e. The summed E-state index contributed by atoms with van der Waals surface area (Å²) in [5.74, 6) is 1.80. The molecule has 0 aromatic carbocycles. The molecule has 0 spiro atoms. The van der Waals surface area contributed by atoms with E-state index in [9.17, 15) is 5.11 Å². The van der Waals surface area contributed by atoms with E-state index in [0.717, 1.165) is 37.3 Å². The molecule has 28 heavy (non-hydrogen) atoms. The van der Waals surface area contributed by atoms with Crippen LogP contribution in [-0.2, 0) is 4.84 Å². The molecule has 4 heterocycles. The minimum absolute atomic E-state index is 0.252. The Morgan fingerprint density at radius 1 is 0.893 bits per heavy atom. The number of anilines is 2. The first-order valence-corrected chi connectivity index (χ1v) is 9.87. The third-order valence-corrected chi connectivity index (χ3v) is 5.06. The molecular formula is C22H26N4O2. The van der Waals surface area contributed by atoms with Gasteiger partial charge in [-0.25, -0.2) is 15.0 Å². The van der Waals surface area contributed by atoms with E-state index in [0.29, 0.717) is 12.1 Å². The third kappa shape index (κ3) is 4.77. The summed E-state index contributed by atoms with van der Waals surface area (Å²) >= 11 is 0. The highest BCUT2D eigenvalue weighted by Gasteiger charge is 2.31. The summed E-state index contributed by atoms with van der Waals surface area (Å²) in [7, 11) is 0. The molecule has 2 aliphatic carbocycles. The van der Waals surface area contributed by atoms with Crippen molar-refractivity contribution >= 4 is 11.6 Å². The fraction of sp³-hybridized carbons (Fsp3) is 0.364. The van der Waals surface area contributed by atoms with Gasteiger partial charge in [0.05, 0.1) is 12.1 Å². The van der Waals surface area contributed by atoms with Crippen LogP contribution >= 0.6 is 0 Å². The lowest BCUT2D eigenvalue weighted by molar-refractivity contribution is 0.00215. The van der Waals surface area contributed by atoms with Gasteiger partial charge in [-0.05, 0) is 49.9 Å². The van der Waals surface area contributed by atoms with Crippen molar-refractivity contribution in [2.75, 3.05) is 10.4 Å². The maximum Gasteiger partial charge on any atom is 0.153 e. The Balaban J connectivity index is 0.000000137. The van der Waals surface area contributed by atoms with Gasteiger partial charge in [0, 0.05) is 18.4 Å². The Morgan fingerprint density at radius 2 is 1.75 bits per heavy atom. The van der Waals surface area contributed by atoms with Crippen LogP contribution < -0.4 is 10.4 Å². The summed E-state index contributed by atoms with van der Waals surface area (Å²) < 4.78 is 0. The second-order valence-corrected chi connectivity index (χ2v) is 7.18. The van der Waals surface area contributed by atoms with Crippen LogP contribution in [0, 0.1) is 0 Å². The topological polar surface area (TPSA) is 70.5 Å². The van der Waals surface area contributed by atoms with Crippen molar-refractivity contribution in [1.82, 2.24) is 9.97 Å². The monoisotopic (exact) mass is 378 g/mol. The lowest BCUT2D eigenvalue weighted by Gasteiger charge is -2.40. The predicted molar refractivity (Wildman–Crippen MR) is 110 cm³/mol. The van der Waals surface area contributed by atoms with E-state index in [2.05, 4.69) is 27.4 Å². The zero-order chi connectivity index (χ0) is 19.2. The number of aliphatic hydroxyl groups is 1. The predicted octanol–water partition coefficient (Wildman–Crippen LogP) is 3.49. The number of aliphatic hydroxyl groups excluding tert-OH is 1. The van der Waals surface area contributed by atoms with Gasteiger partial charge in [-0.3, -0.25) is 4.84 Å². The highest BCUT2D eigenvalue weighted by Crippen LogP contribution is 2.30. The first kappa shape index (κ1) is 18.7. The molecule has 2 N–H and O–H groups in total. The van der Waals surface area contributed by atoms with E-state index in [1.165, 1.54) is 0 Å². The molecule has 2 aromatic rings. The van der Waals surface area contributed by atoms with Crippen LogP contribution in [0.4, 0.5) is 11.6 Å². The minimum atomic E-state index is -0.267. The Labute approximate surface area is 165 Å². The molecule has 6 rings (SSSR count). The summed E-state index contributed by atoms with van der Waals surface area (Å²) in [5.41, 5.74) is 0. The number of pyridine rings is 2. The molecule has 6 heteroatoms. The van der Waals surface area contributed by atoms with Crippen LogP contribution in [0.2, 0.25) is 0 Å². The Morgan fingerprint density at radius 3 is 2.32 bits per heavy atom. The lowest BCUT2D eigenvalue weighted by Crippen LogP contribution is -2.46. The molecule has 2 bridgehead atoms. The molecule has 0 radical (unpaired) electrons. The average molecular weight is 378 g/mol. The Hall–Kier alpha value is -2.70. The molecule has 4 atom stereocenters. The largest absolute Gasteiger partial charge is 0.389 e. The number of nitrogens with one attached hydrogen (secondary N) is 1. The first-order valence-electron chi connectivity index (χ1n) is 9.87. The smallest absolute Gasteiger partial charge is 0.153 e. The van der Waals surface area contributed by atoms with Crippen LogP contribution in [-0.4, -0.2) is 39.4 Å². The second kappa shape index (κ2) is 8.99. The highest BCUT2D eigenvalue weighted by molar-refractivity contribution is 5.39. The van der Waals surface area contributed by atoms with Gasteiger partial charge in [0.15, 0.2) is 5.82 Å². The molecule has 146 valence electrons. The van der Waals surface area contributed by atoms with E-state index in [4.69, 9.17) is 4.84 Å². The van der Waals surface area contributed by atoms with E-state index < -0.39 is 0 Å². The third-order valence-electron chi connectivity index (χ3n) is 5.06. The fourth-order valence-electron chi connectivity index (χ4n) is 3.56. The van der Waals surface area contributed by atoms with Crippen molar-refractivity contribution in [3.05, 3.63) is 73.1 Å². The van der Waals surface area contributed by atoms with Crippen molar-refractivity contribution in [1.29, 1.82) is 0 Å².